The molecule has 3 heteroatoms. The van der Waals surface area contributed by atoms with Crippen LogP contribution in [0.3, 0.4) is 0 Å². The molecule has 0 aliphatic heterocycles. The summed E-state index contributed by atoms with van der Waals surface area (Å²) in [4.78, 5) is 12.8. The topological polar surface area (TPSA) is 40.5 Å². The number of rotatable bonds is 5. The van der Waals surface area contributed by atoms with Crippen LogP contribution in [0.4, 0.5) is 0 Å². The Bertz CT molecular complexity index is 176. The van der Waals surface area contributed by atoms with E-state index in [2.05, 4.69) is 11.8 Å². The highest BCUT2D eigenvalue weighted by Gasteiger charge is 2.21. The predicted molar refractivity (Wildman–Crippen MR) is 56.4 cm³/mol. The normalized spacial score (nSPS) is 18.7. The van der Waals surface area contributed by atoms with Crippen LogP contribution in [0.15, 0.2) is 0 Å². The maximum absolute atomic E-state index is 10.7. The minimum atomic E-state index is -0.691. The highest BCUT2D eigenvalue weighted by atomic mass is 16.4. The minimum Gasteiger partial charge on any atom is -0.480 e. The number of carboxylic acid groups (broad SMARTS) is 1. The summed E-state index contributed by atoms with van der Waals surface area (Å²) < 4.78 is 0. The van der Waals surface area contributed by atoms with Gasteiger partial charge in [0.2, 0.25) is 0 Å². The lowest BCUT2D eigenvalue weighted by atomic mass is 9.94. The summed E-state index contributed by atoms with van der Waals surface area (Å²) in [6, 6.07) is 0.528. The molecule has 1 aliphatic carbocycles. The van der Waals surface area contributed by atoms with E-state index in [0.29, 0.717) is 6.04 Å². The van der Waals surface area contributed by atoms with Gasteiger partial charge in [-0.15, -0.1) is 0 Å². The third-order valence-electron chi connectivity index (χ3n) is 2.94. The van der Waals surface area contributed by atoms with Gasteiger partial charge in [-0.1, -0.05) is 26.2 Å². The Kier molecular flexibility index (Phi) is 4.94. The van der Waals surface area contributed by atoms with E-state index in [1.807, 2.05) is 0 Å². The summed E-state index contributed by atoms with van der Waals surface area (Å²) in [7, 11) is 0. The first-order chi connectivity index (χ1) is 6.74. The molecule has 1 N–H and O–H groups in total. The van der Waals surface area contributed by atoms with Crippen LogP contribution in [0.1, 0.15) is 45.4 Å². The first-order valence-electron chi connectivity index (χ1n) is 5.70. The summed E-state index contributed by atoms with van der Waals surface area (Å²) in [6.07, 6.45) is 7.28. The molecule has 0 aromatic carbocycles. The van der Waals surface area contributed by atoms with Crippen molar-refractivity contribution in [1.82, 2.24) is 4.90 Å². The molecule has 0 aromatic rings. The van der Waals surface area contributed by atoms with Gasteiger partial charge in [-0.25, -0.2) is 0 Å². The lowest BCUT2D eigenvalue weighted by Gasteiger charge is -2.32. The average molecular weight is 199 g/mol. The highest BCUT2D eigenvalue weighted by Crippen LogP contribution is 2.22. The molecule has 1 rings (SSSR count). The number of nitrogens with zero attached hydrogens (tertiary/aromatic N) is 1. The monoisotopic (exact) mass is 199 g/mol. The number of hydrogen-bond donors (Lipinski definition) is 1. The van der Waals surface area contributed by atoms with Crippen molar-refractivity contribution in [2.75, 3.05) is 13.1 Å². The summed E-state index contributed by atoms with van der Waals surface area (Å²) in [5.74, 6) is -0.691. The van der Waals surface area contributed by atoms with Gasteiger partial charge < -0.3 is 5.11 Å². The zero-order chi connectivity index (χ0) is 10.4. The van der Waals surface area contributed by atoms with E-state index in [-0.39, 0.29) is 6.54 Å². The molecule has 0 atom stereocenters. The summed E-state index contributed by atoms with van der Waals surface area (Å²) >= 11 is 0. The van der Waals surface area contributed by atoms with Crippen molar-refractivity contribution in [3.63, 3.8) is 0 Å². The van der Waals surface area contributed by atoms with Gasteiger partial charge in [0, 0.05) is 6.04 Å². The molecular formula is C11H21NO2. The zero-order valence-electron chi connectivity index (χ0n) is 9.04. The van der Waals surface area contributed by atoms with Gasteiger partial charge in [-0.3, -0.25) is 9.69 Å². The van der Waals surface area contributed by atoms with Gasteiger partial charge >= 0.3 is 5.97 Å². The van der Waals surface area contributed by atoms with Crippen molar-refractivity contribution in [2.45, 2.75) is 51.5 Å². The van der Waals surface area contributed by atoms with Crippen molar-refractivity contribution >= 4 is 5.97 Å². The Morgan fingerprint density at radius 3 is 2.50 bits per heavy atom. The predicted octanol–water partition coefficient (Wildman–Crippen LogP) is 2.12. The fraction of sp³-hybridized carbons (Fsp3) is 0.909. The Labute approximate surface area is 86.1 Å². The fourth-order valence-corrected chi connectivity index (χ4v) is 2.30. The molecule has 0 amide bonds. The maximum Gasteiger partial charge on any atom is 0.317 e. The lowest BCUT2D eigenvalue weighted by Crippen LogP contribution is -2.40. The van der Waals surface area contributed by atoms with Crippen molar-refractivity contribution in [3.8, 4) is 0 Å². The Balaban J connectivity index is 2.42. The maximum atomic E-state index is 10.7. The number of hydrogen-bond acceptors (Lipinski definition) is 2. The molecule has 14 heavy (non-hydrogen) atoms. The van der Waals surface area contributed by atoms with Crippen LogP contribution in [-0.4, -0.2) is 35.1 Å². The van der Waals surface area contributed by atoms with Crippen LogP contribution < -0.4 is 0 Å². The Morgan fingerprint density at radius 2 is 2.00 bits per heavy atom. The summed E-state index contributed by atoms with van der Waals surface area (Å²) in [6.45, 7) is 3.26. The number of carboxylic acids is 1. The van der Waals surface area contributed by atoms with Gasteiger partial charge in [0.1, 0.15) is 0 Å². The second-order valence-corrected chi connectivity index (χ2v) is 4.16. The van der Waals surface area contributed by atoms with E-state index in [1.165, 1.54) is 32.1 Å². The molecule has 82 valence electrons. The van der Waals surface area contributed by atoms with Crippen LogP contribution in [0.25, 0.3) is 0 Å². The first kappa shape index (κ1) is 11.5. The smallest absolute Gasteiger partial charge is 0.317 e. The zero-order valence-corrected chi connectivity index (χ0v) is 9.04. The fourth-order valence-electron chi connectivity index (χ4n) is 2.30. The summed E-state index contributed by atoms with van der Waals surface area (Å²) in [5.41, 5.74) is 0. The van der Waals surface area contributed by atoms with E-state index in [4.69, 9.17) is 5.11 Å². The van der Waals surface area contributed by atoms with Crippen molar-refractivity contribution < 1.29 is 9.90 Å². The summed E-state index contributed by atoms with van der Waals surface area (Å²) in [5, 5.41) is 8.80. The van der Waals surface area contributed by atoms with Gasteiger partial charge in [0.05, 0.1) is 6.54 Å². The van der Waals surface area contributed by atoms with Crippen LogP contribution in [-0.2, 0) is 4.79 Å². The lowest BCUT2D eigenvalue weighted by molar-refractivity contribution is -0.139. The highest BCUT2D eigenvalue weighted by molar-refractivity contribution is 5.69. The van der Waals surface area contributed by atoms with E-state index < -0.39 is 5.97 Å². The standard InChI is InChI=1S/C11H21NO2/c1-2-8-12(9-11(13)14)10-6-4-3-5-7-10/h10H,2-9H2,1H3,(H,13,14). The second kappa shape index (κ2) is 6.02. The van der Waals surface area contributed by atoms with E-state index in [9.17, 15) is 4.79 Å². The molecule has 0 spiro atoms. The molecule has 0 aromatic heterocycles. The van der Waals surface area contributed by atoms with Crippen LogP contribution in [0.5, 0.6) is 0 Å². The second-order valence-electron chi connectivity index (χ2n) is 4.16. The largest absolute Gasteiger partial charge is 0.480 e. The third kappa shape index (κ3) is 3.66. The van der Waals surface area contributed by atoms with Crippen LogP contribution in [0, 0.1) is 0 Å². The van der Waals surface area contributed by atoms with Crippen molar-refractivity contribution in [2.24, 2.45) is 0 Å². The SMILES string of the molecule is CCCN(CC(=O)O)C1CCCCC1. The molecule has 3 nitrogen and oxygen atoms in total. The molecule has 0 heterocycles. The molecule has 1 saturated carbocycles. The molecule has 0 radical (unpaired) electrons. The average Bonchev–Trinajstić information content (AvgIpc) is 2.18. The molecule has 1 aliphatic rings. The van der Waals surface area contributed by atoms with Gasteiger partial charge in [0.15, 0.2) is 0 Å². The van der Waals surface area contributed by atoms with Gasteiger partial charge in [-0.2, -0.15) is 0 Å². The first-order valence-corrected chi connectivity index (χ1v) is 5.70. The number of carbonyl (C=O) groups is 1. The molecule has 1 fully saturated rings. The minimum absolute atomic E-state index is 0.221. The Hall–Kier alpha value is -0.570. The van der Waals surface area contributed by atoms with Gasteiger partial charge in [-0.05, 0) is 25.8 Å². The van der Waals surface area contributed by atoms with Crippen molar-refractivity contribution in [3.05, 3.63) is 0 Å². The molecule has 0 bridgehead atoms. The number of aliphatic carboxylic acids is 1. The van der Waals surface area contributed by atoms with E-state index >= 15 is 0 Å². The van der Waals surface area contributed by atoms with E-state index in [1.54, 1.807) is 0 Å². The van der Waals surface area contributed by atoms with Crippen LogP contribution >= 0.6 is 0 Å². The van der Waals surface area contributed by atoms with Crippen LogP contribution in [0.2, 0.25) is 0 Å². The molecule has 0 saturated heterocycles. The quantitative estimate of drug-likeness (QED) is 0.737. The molecular weight excluding hydrogens is 178 g/mol. The molecule has 0 unspecified atom stereocenters. The van der Waals surface area contributed by atoms with Crippen molar-refractivity contribution in [1.29, 1.82) is 0 Å². The Morgan fingerprint density at radius 1 is 1.36 bits per heavy atom. The van der Waals surface area contributed by atoms with E-state index in [0.717, 1.165) is 13.0 Å². The third-order valence-corrected chi connectivity index (χ3v) is 2.94. The van der Waals surface area contributed by atoms with Gasteiger partial charge in [0.25, 0.3) is 0 Å².